The number of rotatable bonds is 7. The SMILES string of the molecule is c1ccc(-c2ccc(-c3ccc(N(c4cc(-c5ccccc5)cc(-c5cccc6c5sc5ccccc56)c4)c4cccc5c4oc4ccccc45)cc3)cc2)cc1. The highest BCUT2D eigenvalue weighted by Gasteiger charge is 2.22. The van der Waals surface area contributed by atoms with Gasteiger partial charge in [-0.25, -0.2) is 0 Å². The quantitative estimate of drug-likeness (QED) is 0.162. The Morgan fingerprint density at radius 3 is 1.63 bits per heavy atom. The van der Waals surface area contributed by atoms with Crippen LogP contribution in [0.1, 0.15) is 0 Å². The van der Waals surface area contributed by atoms with Crippen LogP contribution in [0, 0.1) is 0 Å². The zero-order valence-corrected chi connectivity index (χ0v) is 31.8. The van der Waals surface area contributed by atoms with Gasteiger partial charge in [0.2, 0.25) is 0 Å². The molecule has 268 valence electrons. The smallest absolute Gasteiger partial charge is 0.159 e. The summed E-state index contributed by atoms with van der Waals surface area (Å²) in [5, 5.41) is 4.79. The zero-order chi connectivity index (χ0) is 37.7. The predicted octanol–water partition coefficient (Wildman–Crippen LogP) is 16.1. The number of nitrogens with zero attached hydrogens (tertiary/aromatic N) is 1. The van der Waals surface area contributed by atoms with Gasteiger partial charge in [-0.3, -0.25) is 0 Å². The lowest BCUT2D eigenvalue weighted by Crippen LogP contribution is -2.10. The molecule has 0 saturated heterocycles. The highest BCUT2D eigenvalue weighted by Crippen LogP contribution is 2.46. The summed E-state index contributed by atoms with van der Waals surface area (Å²) in [7, 11) is 0. The van der Waals surface area contributed by atoms with Crippen LogP contribution in [0.3, 0.4) is 0 Å². The van der Waals surface area contributed by atoms with Gasteiger partial charge in [0.15, 0.2) is 5.58 Å². The molecule has 0 spiro atoms. The van der Waals surface area contributed by atoms with Gasteiger partial charge in [-0.1, -0.05) is 164 Å². The lowest BCUT2D eigenvalue weighted by molar-refractivity contribution is 0.669. The van der Waals surface area contributed by atoms with Crippen LogP contribution in [-0.2, 0) is 0 Å². The van der Waals surface area contributed by atoms with Crippen molar-refractivity contribution in [2.45, 2.75) is 0 Å². The number of hydrogen-bond donors (Lipinski definition) is 0. The van der Waals surface area contributed by atoms with E-state index in [-0.39, 0.29) is 0 Å². The van der Waals surface area contributed by atoms with E-state index in [1.165, 1.54) is 53.6 Å². The van der Waals surface area contributed by atoms with Crippen LogP contribution in [0.25, 0.3) is 86.6 Å². The van der Waals surface area contributed by atoms with E-state index in [2.05, 4.69) is 211 Å². The van der Waals surface area contributed by atoms with Crippen LogP contribution >= 0.6 is 11.3 Å². The molecule has 2 nitrogen and oxygen atoms in total. The second-order valence-corrected chi connectivity index (χ2v) is 15.5. The Morgan fingerprint density at radius 1 is 0.351 bits per heavy atom. The third-order valence-electron chi connectivity index (χ3n) is 11.1. The standard InChI is InChI=1S/C54H35NOS/c1-3-13-36(14-4-1)38-25-27-39(28-26-38)40-29-31-43(32-30-40)55(50-22-12-20-48-46-17-7-9-23-51(46)56-53(48)50)44-34-41(37-15-5-2-6-16-37)33-42(35-44)45-19-11-21-49-47-18-8-10-24-52(47)57-54(45)49/h1-35H. The van der Waals surface area contributed by atoms with Crippen molar-refractivity contribution in [3.05, 3.63) is 212 Å². The van der Waals surface area contributed by atoms with E-state index in [0.29, 0.717) is 0 Å². The van der Waals surface area contributed by atoms with Gasteiger partial charge in [-0.05, 0) is 93.0 Å². The Morgan fingerprint density at radius 2 is 0.895 bits per heavy atom. The first-order chi connectivity index (χ1) is 28.2. The summed E-state index contributed by atoms with van der Waals surface area (Å²) in [4.78, 5) is 2.37. The van der Waals surface area contributed by atoms with Crippen LogP contribution in [-0.4, -0.2) is 0 Å². The van der Waals surface area contributed by atoms with Gasteiger partial charge in [0.05, 0.1) is 5.69 Å². The van der Waals surface area contributed by atoms with Crippen LogP contribution in [0.15, 0.2) is 217 Å². The molecule has 11 aromatic rings. The van der Waals surface area contributed by atoms with Crippen molar-refractivity contribution in [1.29, 1.82) is 0 Å². The van der Waals surface area contributed by atoms with Gasteiger partial charge >= 0.3 is 0 Å². The molecule has 0 bridgehead atoms. The maximum absolute atomic E-state index is 6.73. The summed E-state index contributed by atoms with van der Waals surface area (Å²) in [6.45, 7) is 0. The number of hydrogen-bond acceptors (Lipinski definition) is 3. The minimum Gasteiger partial charge on any atom is -0.454 e. The largest absolute Gasteiger partial charge is 0.454 e. The topological polar surface area (TPSA) is 16.4 Å². The van der Waals surface area contributed by atoms with Gasteiger partial charge in [0, 0.05) is 42.3 Å². The fourth-order valence-corrected chi connectivity index (χ4v) is 9.53. The molecule has 2 aromatic heterocycles. The van der Waals surface area contributed by atoms with Gasteiger partial charge in [-0.15, -0.1) is 11.3 Å². The van der Waals surface area contributed by atoms with Gasteiger partial charge < -0.3 is 9.32 Å². The molecule has 9 aromatic carbocycles. The molecule has 57 heavy (non-hydrogen) atoms. The molecule has 0 atom stereocenters. The van der Waals surface area contributed by atoms with Crippen LogP contribution in [0.4, 0.5) is 17.1 Å². The average molecular weight is 746 g/mol. The summed E-state index contributed by atoms with van der Waals surface area (Å²) in [6.07, 6.45) is 0. The maximum atomic E-state index is 6.73. The number of benzene rings is 9. The van der Waals surface area contributed by atoms with E-state index in [1.54, 1.807) is 0 Å². The number of anilines is 3. The molecular weight excluding hydrogens is 711 g/mol. The molecule has 0 aliphatic heterocycles. The number of furan rings is 1. The van der Waals surface area contributed by atoms with E-state index in [0.717, 1.165) is 50.1 Å². The molecule has 0 N–H and O–H groups in total. The molecule has 0 aliphatic rings. The van der Waals surface area contributed by atoms with Crippen molar-refractivity contribution >= 4 is 70.5 Å². The first-order valence-corrected chi connectivity index (χ1v) is 20.1. The summed E-state index contributed by atoms with van der Waals surface area (Å²) < 4.78 is 9.32. The lowest BCUT2D eigenvalue weighted by atomic mass is 9.96. The van der Waals surface area contributed by atoms with Crippen molar-refractivity contribution in [3.63, 3.8) is 0 Å². The Hall–Kier alpha value is -7.20. The Bertz CT molecular complexity index is 3210. The molecule has 0 unspecified atom stereocenters. The Balaban J connectivity index is 1.11. The monoisotopic (exact) mass is 745 g/mol. The first-order valence-electron chi connectivity index (χ1n) is 19.3. The summed E-state index contributed by atoms with van der Waals surface area (Å²) in [6, 6.07) is 76.3. The lowest BCUT2D eigenvalue weighted by Gasteiger charge is -2.27. The van der Waals surface area contributed by atoms with Crippen molar-refractivity contribution < 1.29 is 4.42 Å². The molecule has 0 fully saturated rings. The number of fused-ring (bicyclic) bond motifs is 6. The van der Waals surface area contributed by atoms with E-state index in [1.807, 2.05) is 17.4 Å². The predicted molar refractivity (Wildman–Crippen MR) is 243 cm³/mol. The number of para-hydroxylation sites is 2. The molecule has 11 rings (SSSR count). The third kappa shape index (κ3) is 5.88. The fourth-order valence-electron chi connectivity index (χ4n) is 8.29. The van der Waals surface area contributed by atoms with Crippen molar-refractivity contribution in [2.24, 2.45) is 0 Å². The average Bonchev–Trinajstić information content (AvgIpc) is 3.87. The Kier molecular flexibility index (Phi) is 8.04. The van der Waals surface area contributed by atoms with Crippen molar-refractivity contribution in [1.82, 2.24) is 0 Å². The van der Waals surface area contributed by atoms with E-state index < -0.39 is 0 Å². The summed E-state index contributed by atoms with van der Waals surface area (Å²) >= 11 is 1.87. The van der Waals surface area contributed by atoms with Gasteiger partial charge in [0.25, 0.3) is 0 Å². The highest BCUT2D eigenvalue weighted by molar-refractivity contribution is 7.26. The third-order valence-corrected chi connectivity index (χ3v) is 12.3. The first kappa shape index (κ1) is 33.2. The van der Waals surface area contributed by atoms with Crippen LogP contribution in [0.5, 0.6) is 0 Å². The molecule has 3 heteroatoms. The second kappa shape index (κ2) is 13.8. The minimum atomic E-state index is 0.859. The van der Waals surface area contributed by atoms with Crippen molar-refractivity contribution in [3.8, 4) is 44.5 Å². The van der Waals surface area contributed by atoms with E-state index in [9.17, 15) is 0 Å². The van der Waals surface area contributed by atoms with E-state index in [4.69, 9.17) is 4.42 Å². The highest BCUT2D eigenvalue weighted by atomic mass is 32.1. The summed E-state index contributed by atoms with van der Waals surface area (Å²) in [5.74, 6) is 0. The summed E-state index contributed by atoms with van der Waals surface area (Å²) in [5.41, 5.74) is 14.3. The van der Waals surface area contributed by atoms with Crippen LogP contribution < -0.4 is 4.90 Å². The molecule has 2 heterocycles. The number of thiophene rings is 1. The second-order valence-electron chi connectivity index (χ2n) is 14.5. The molecule has 0 saturated carbocycles. The Labute approximate surface area is 335 Å². The zero-order valence-electron chi connectivity index (χ0n) is 31.0. The van der Waals surface area contributed by atoms with Gasteiger partial charge in [-0.2, -0.15) is 0 Å². The molecule has 0 aliphatic carbocycles. The molecule has 0 radical (unpaired) electrons. The van der Waals surface area contributed by atoms with E-state index >= 15 is 0 Å². The minimum absolute atomic E-state index is 0.859. The van der Waals surface area contributed by atoms with Crippen LogP contribution in [0.2, 0.25) is 0 Å². The normalized spacial score (nSPS) is 11.5. The molecule has 0 amide bonds. The fraction of sp³-hybridized carbons (Fsp3) is 0. The van der Waals surface area contributed by atoms with Crippen molar-refractivity contribution in [2.75, 3.05) is 4.90 Å². The maximum Gasteiger partial charge on any atom is 0.159 e. The molecular formula is C54H35NOS. The van der Waals surface area contributed by atoms with Gasteiger partial charge in [0.1, 0.15) is 5.58 Å².